The summed E-state index contributed by atoms with van der Waals surface area (Å²) in [4.78, 5) is 4.03. The molecule has 1 rings (SSSR count). The quantitative estimate of drug-likeness (QED) is 0.617. The molecule has 0 atom stereocenters. The fourth-order valence-corrected chi connectivity index (χ4v) is 1.02. The zero-order chi connectivity index (χ0) is 8.65. The van der Waals surface area contributed by atoms with Gasteiger partial charge in [0.05, 0.1) is 0 Å². The molecule has 0 aliphatic carbocycles. The minimum Gasteiger partial charge on any atom is -0.264 e. The van der Waals surface area contributed by atoms with Crippen LogP contribution in [-0.2, 0) is 0 Å². The highest BCUT2D eigenvalue weighted by Gasteiger charge is 1.82. The van der Waals surface area contributed by atoms with Gasteiger partial charge in [-0.25, -0.2) is 0 Å². The number of aromatic nitrogens is 1. The molecule has 0 unspecified atom stereocenters. The molecular formula is C11H15N. The summed E-state index contributed by atoms with van der Waals surface area (Å²) in [6.07, 6.45) is 11.7. The molecule has 0 spiro atoms. The van der Waals surface area contributed by atoms with Gasteiger partial charge in [0.15, 0.2) is 0 Å². The van der Waals surface area contributed by atoms with Gasteiger partial charge in [0.25, 0.3) is 0 Å². The lowest BCUT2D eigenvalue weighted by Gasteiger charge is -1.90. The Balaban J connectivity index is 2.36. The summed E-state index contributed by atoms with van der Waals surface area (Å²) in [7, 11) is 0. The molecule has 0 N–H and O–H groups in total. The Morgan fingerprint density at radius 3 is 3.08 bits per heavy atom. The van der Waals surface area contributed by atoms with Gasteiger partial charge in [0.2, 0.25) is 0 Å². The fourth-order valence-electron chi connectivity index (χ4n) is 1.02. The topological polar surface area (TPSA) is 12.9 Å². The highest BCUT2D eigenvalue weighted by molar-refractivity contribution is 5.46. The van der Waals surface area contributed by atoms with Crippen molar-refractivity contribution in [3.8, 4) is 0 Å². The first-order valence-corrected chi connectivity index (χ1v) is 4.50. The maximum absolute atomic E-state index is 4.03. The van der Waals surface area contributed by atoms with Crippen molar-refractivity contribution in [2.24, 2.45) is 0 Å². The van der Waals surface area contributed by atoms with E-state index in [1.807, 2.05) is 12.3 Å². The van der Waals surface area contributed by atoms with Crippen LogP contribution in [-0.4, -0.2) is 4.98 Å². The molecular weight excluding hydrogens is 146 g/mol. The van der Waals surface area contributed by atoms with E-state index in [2.05, 4.69) is 30.1 Å². The highest BCUT2D eigenvalue weighted by Crippen LogP contribution is 2.02. The van der Waals surface area contributed by atoms with Crippen molar-refractivity contribution in [3.63, 3.8) is 0 Å². The van der Waals surface area contributed by atoms with Crippen LogP contribution in [0, 0.1) is 0 Å². The van der Waals surface area contributed by atoms with Crippen LogP contribution in [0.3, 0.4) is 0 Å². The Morgan fingerprint density at radius 1 is 1.50 bits per heavy atom. The Kier molecular flexibility index (Phi) is 4.14. The molecule has 0 aliphatic heterocycles. The largest absolute Gasteiger partial charge is 0.264 e. The zero-order valence-electron chi connectivity index (χ0n) is 7.53. The minimum atomic E-state index is 1.17. The van der Waals surface area contributed by atoms with E-state index in [1.165, 1.54) is 24.8 Å². The van der Waals surface area contributed by atoms with Gasteiger partial charge in [-0.15, -0.1) is 0 Å². The second-order valence-electron chi connectivity index (χ2n) is 2.83. The van der Waals surface area contributed by atoms with E-state index in [0.29, 0.717) is 0 Å². The van der Waals surface area contributed by atoms with Crippen molar-refractivity contribution in [2.75, 3.05) is 0 Å². The molecule has 1 aromatic rings. The predicted molar refractivity (Wildman–Crippen MR) is 52.8 cm³/mol. The van der Waals surface area contributed by atoms with Crippen LogP contribution in [0.2, 0.25) is 0 Å². The first-order chi connectivity index (χ1) is 5.93. The second kappa shape index (κ2) is 5.53. The van der Waals surface area contributed by atoms with E-state index in [9.17, 15) is 0 Å². The predicted octanol–water partition coefficient (Wildman–Crippen LogP) is 3.29. The third-order valence-electron chi connectivity index (χ3n) is 1.72. The van der Waals surface area contributed by atoms with Crippen molar-refractivity contribution in [1.82, 2.24) is 4.98 Å². The van der Waals surface area contributed by atoms with Crippen LogP contribution in [0.1, 0.15) is 31.7 Å². The molecule has 1 heterocycles. The third-order valence-corrected chi connectivity index (χ3v) is 1.72. The standard InChI is InChI=1S/C11H15N/c1-2-3-4-5-7-11-8-6-9-12-10-11/h5-10H,2-4H2,1H3/b7-5+. The van der Waals surface area contributed by atoms with E-state index in [-0.39, 0.29) is 0 Å². The molecule has 64 valence electrons. The molecule has 1 aromatic heterocycles. The van der Waals surface area contributed by atoms with Gasteiger partial charge in [-0.1, -0.05) is 38.0 Å². The summed E-state index contributed by atoms with van der Waals surface area (Å²) in [6.45, 7) is 2.21. The summed E-state index contributed by atoms with van der Waals surface area (Å²) in [5.74, 6) is 0. The lowest BCUT2D eigenvalue weighted by atomic mass is 10.2. The van der Waals surface area contributed by atoms with Gasteiger partial charge >= 0.3 is 0 Å². The average molecular weight is 161 g/mol. The van der Waals surface area contributed by atoms with Gasteiger partial charge in [-0.05, 0) is 18.1 Å². The number of rotatable bonds is 4. The van der Waals surface area contributed by atoms with Crippen LogP contribution < -0.4 is 0 Å². The maximum atomic E-state index is 4.03. The molecule has 0 aromatic carbocycles. The molecule has 1 nitrogen and oxygen atoms in total. The molecule has 12 heavy (non-hydrogen) atoms. The smallest absolute Gasteiger partial charge is 0.0340 e. The summed E-state index contributed by atoms with van der Waals surface area (Å²) in [6, 6.07) is 4.02. The van der Waals surface area contributed by atoms with E-state index in [0.717, 1.165) is 0 Å². The third kappa shape index (κ3) is 3.33. The Bertz CT molecular complexity index is 226. The van der Waals surface area contributed by atoms with E-state index >= 15 is 0 Å². The summed E-state index contributed by atoms with van der Waals surface area (Å²) < 4.78 is 0. The molecule has 0 radical (unpaired) electrons. The Morgan fingerprint density at radius 2 is 2.42 bits per heavy atom. The summed E-state index contributed by atoms with van der Waals surface area (Å²) >= 11 is 0. The lowest BCUT2D eigenvalue weighted by Crippen LogP contribution is -1.73. The van der Waals surface area contributed by atoms with Crippen molar-refractivity contribution >= 4 is 6.08 Å². The molecule has 0 fully saturated rings. The molecule has 0 aliphatic rings. The zero-order valence-corrected chi connectivity index (χ0v) is 7.53. The van der Waals surface area contributed by atoms with Gasteiger partial charge < -0.3 is 0 Å². The van der Waals surface area contributed by atoms with Crippen molar-refractivity contribution in [3.05, 3.63) is 36.2 Å². The Labute approximate surface area is 74.2 Å². The molecule has 1 heteroatoms. The van der Waals surface area contributed by atoms with E-state index < -0.39 is 0 Å². The SMILES string of the molecule is CCCC/C=C/c1cccnc1. The summed E-state index contributed by atoms with van der Waals surface area (Å²) in [5, 5.41) is 0. The lowest BCUT2D eigenvalue weighted by molar-refractivity contribution is 0.816. The molecule has 0 bridgehead atoms. The number of unbranched alkanes of at least 4 members (excludes halogenated alkanes) is 2. The van der Waals surface area contributed by atoms with Crippen LogP contribution in [0.4, 0.5) is 0 Å². The maximum Gasteiger partial charge on any atom is 0.0340 e. The first-order valence-electron chi connectivity index (χ1n) is 4.50. The van der Waals surface area contributed by atoms with Crippen LogP contribution in [0.25, 0.3) is 6.08 Å². The van der Waals surface area contributed by atoms with Crippen molar-refractivity contribution in [1.29, 1.82) is 0 Å². The minimum absolute atomic E-state index is 1.17. The monoisotopic (exact) mass is 161 g/mol. The second-order valence-corrected chi connectivity index (χ2v) is 2.83. The van der Waals surface area contributed by atoms with Gasteiger partial charge in [-0.2, -0.15) is 0 Å². The highest BCUT2D eigenvalue weighted by atomic mass is 14.6. The van der Waals surface area contributed by atoms with Gasteiger partial charge in [-0.3, -0.25) is 4.98 Å². The van der Waals surface area contributed by atoms with Crippen molar-refractivity contribution in [2.45, 2.75) is 26.2 Å². The molecule has 0 saturated heterocycles. The average Bonchev–Trinajstić information content (AvgIpc) is 2.14. The van der Waals surface area contributed by atoms with Crippen molar-refractivity contribution < 1.29 is 0 Å². The number of nitrogens with zero attached hydrogens (tertiary/aromatic N) is 1. The van der Waals surface area contributed by atoms with Gasteiger partial charge in [0.1, 0.15) is 0 Å². The molecule has 0 saturated carbocycles. The Hall–Kier alpha value is -1.11. The molecule has 0 amide bonds. The summed E-state index contributed by atoms with van der Waals surface area (Å²) in [5.41, 5.74) is 1.19. The fraction of sp³-hybridized carbons (Fsp3) is 0.364. The normalized spacial score (nSPS) is 10.8. The van der Waals surface area contributed by atoms with Crippen LogP contribution in [0.15, 0.2) is 30.6 Å². The van der Waals surface area contributed by atoms with E-state index in [4.69, 9.17) is 0 Å². The number of hydrogen-bond acceptors (Lipinski definition) is 1. The van der Waals surface area contributed by atoms with Crippen LogP contribution in [0.5, 0.6) is 0 Å². The van der Waals surface area contributed by atoms with Crippen LogP contribution >= 0.6 is 0 Å². The first kappa shape index (κ1) is 8.98. The number of allylic oxidation sites excluding steroid dienone is 1. The van der Waals surface area contributed by atoms with Gasteiger partial charge in [0, 0.05) is 12.4 Å². The number of hydrogen-bond donors (Lipinski definition) is 0. The number of pyridine rings is 1. The van der Waals surface area contributed by atoms with E-state index in [1.54, 1.807) is 6.20 Å².